The summed E-state index contributed by atoms with van der Waals surface area (Å²) >= 11 is 0. The molecule has 0 radical (unpaired) electrons. The van der Waals surface area contributed by atoms with Crippen LogP contribution in [0.5, 0.6) is 0 Å². The van der Waals surface area contributed by atoms with Crippen LogP contribution in [0.2, 0.25) is 0 Å². The molecule has 0 bridgehead atoms. The van der Waals surface area contributed by atoms with Gasteiger partial charge in [0.25, 0.3) is 0 Å². The number of carbonyl (C=O) groups is 2. The molecule has 0 spiro atoms. The highest BCUT2D eigenvalue weighted by molar-refractivity contribution is 6.05. The van der Waals surface area contributed by atoms with E-state index in [2.05, 4.69) is 16.7 Å². The first kappa shape index (κ1) is 21.6. The number of piperazine rings is 1. The summed E-state index contributed by atoms with van der Waals surface area (Å²) in [6.45, 7) is 6.63. The van der Waals surface area contributed by atoms with Crippen LogP contribution >= 0.6 is 0 Å². The lowest BCUT2D eigenvalue weighted by atomic mass is 10.1. The van der Waals surface area contributed by atoms with Gasteiger partial charge in [0.1, 0.15) is 11.5 Å². The van der Waals surface area contributed by atoms with E-state index < -0.39 is 17.8 Å². The van der Waals surface area contributed by atoms with Crippen molar-refractivity contribution in [3.05, 3.63) is 59.7 Å². The van der Waals surface area contributed by atoms with E-state index in [-0.39, 0.29) is 17.0 Å². The van der Waals surface area contributed by atoms with E-state index in [1.165, 1.54) is 37.5 Å². The van der Waals surface area contributed by atoms with Gasteiger partial charge >= 0.3 is 11.9 Å². The van der Waals surface area contributed by atoms with Crippen molar-refractivity contribution < 1.29 is 23.5 Å². The van der Waals surface area contributed by atoms with Gasteiger partial charge in [-0.3, -0.25) is 0 Å². The third kappa shape index (κ3) is 4.38. The van der Waals surface area contributed by atoms with E-state index >= 15 is 4.39 Å². The van der Waals surface area contributed by atoms with Gasteiger partial charge in [-0.2, -0.15) is 0 Å². The molecule has 2 aliphatic rings. The van der Waals surface area contributed by atoms with Crippen LogP contribution in [0.1, 0.15) is 6.92 Å². The molecule has 1 aromatic rings. The second kappa shape index (κ2) is 9.58. The minimum atomic E-state index is -0.772. The molecular weight excluding hydrogens is 389 g/mol. The normalized spacial score (nSPS) is 17.2. The van der Waals surface area contributed by atoms with Crippen LogP contribution in [-0.2, 0) is 19.1 Å². The average Bonchev–Trinajstić information content (AvgIpc) is 3.01. The summed E-state index contributed by atoms with van der Waals surface area (Å²) in [5.74, 6) is -2.00. The van der Waals surface area contributed by atoms with Gasteiger partial charge in [0.05, 0.1) is 25.5 Å². The molecule has 8 heteroatoms. The number of hydrogen-bond acceptors (Lipinski definition) is 7. The Morgan fingerprint density at radius 2 is 1.73 bits per heavy atom. The summed E-state index contributed by atoms with van der Waals surface area (Å²) in [6, 6.07) is 4.87. The van der Waals surface area contributed by atoms with Gasteiger partial charge in [0, 0.05) is 38.1 Å². The number of nitrogens with zero attached hydrogens (tertiary/aromatic N) is 3. The fourth-order valence-electron chi connectivity index (χ4n) is 3.56. The minimum Gasteiger partial charge on any atom is -0.465 e. The number of hydrogen-bond donors (Lipinski definition) is 0. The molecule has 2 heterocycles. The summed E-state index contributed by atoms with van der Waals surface area (Å²) in [6.07, 6.45) is 6.13. The highest BCUT2D eigenvalue weighted by Gasteiger charge is 2.29. The van der Waals surface area contributed by atoms with Gasteiger partial charge in [0.15, 0.2) is 0 Å². The molecule has 7 nitrogen and oxygen atoms in total. The molecule has 0 amide bonds. The second-order valence-electron chi connectivity index (χ2n) is 6.87. The zero-order valence-corrected chi connectivity index (χ0v) is 17.4. The molecular formula is C22H26FN3O4. The lowest BCUT2D eigenvalue weighted by molar-refractivity contribution is -0.139. The summed E-state index contributed by atoms with van der Waals surface area (Å²) in [5.41, 5.74) is 0.777. The first-order valence-corrected chi connectivity index (χ1v) is 9.82. The number of likely N-dealkylation sites (N-methyl/N-ethyl adjacent to an activating group) is 1. The Balaban J connectivity index is 1.97. The van der Waals surface area contributed by atoms with E-state index in [9.17, 15) is 9.59 Å². The summed E-state index contributed by atoms with van der Waals surface area (Å²) in [5, 5.41) is 0. The third-order valence-electron chi connectivity index (χ3n) is 5.26. The molecule has 3 rings (SSSR count). The van der Waals surface area contributed by atoms with Gasteiger partial charge in [-0.15, -0.1) is 0 Å². The predicted octanol–water partition coefficient (Wildman–Crippen LogP) is 2.46. The number of benzene rings is 1. The largest absolute Gasteiger partial charge is 0.465 e. The van der Waals surface area contributed by atoms with Crippen LogP contribution in [0.3, 0.4) is 0 Å². The zero-order chi connectivity index (χ0) is 21.7. The van der Waals surface area contributed by atoms with Crippen molar-refractivity contribution >= 4 is 23.3 Å². The molecule has 0 saturated carbocycles. The first-order chi connectivity index (χ1) is 14.5. The molecule has 0 N–H and O–H groups in total. The molecule has 0 unspecified atom stereocenters. The van der Waals surface area contributed by atoms with Gasteiger partial charge in [-0.25, -0.2) is 14.0 Å². The highest BCUT2D eigenvalue weighted by Crippen LogP contribution is 2.31. The molecule has 0 atom stereocenters. The maximum atomic E-state index is 15.2. The molecule has 1 aromatic carbocycles. The van der Waals surface area contributed by atoms with E-state index in [4.69, 9.17) is 9.47 Å². The van der Waals surface area contributed by atoms with Crippen molar-refractivity contribution in [3.63, 3.8) is 0 Å². The Morgan fingerprint density at radius 1 is 1.03 bits per heavy atom. The van der Waals surface area contributed by atoms with E-state index in [0.717, 1.165) is 38.4 Å². The molecule has 30 heavy (non-hydrogen) atoms. The van der Waals surface area contributed by atoms with Crippen LogP contribution in [0.25, 0.3) is 0 Å². The van der Waals surface area contributed by atoms with Crippen LogP contribution in [0, 0.1) is 5.82 Å². The lowest BCUT2D eigenvalue weighted by Crippen LogP contribution is -2.46. The number of anilines is 2. The maximum absolute atomic E-state index is 15.2. The molecule has 1 saturated heterocycles. The topological polar surface area (TPSA) is 62.3 Å². The van der Waals surface area contributed by atoms with Crippen molar-refractivity contribution in [1.82, 2.24) is 4.90 Å². The Morgan fingerprint density at radius 3 is 2.33 bits per heavy atom. The standard InChI is InChI=1S/C22H26FN3O4/c1-4-24-11-13-25(14-12-24)16-8-9-19(18(23)15-16)26-10-6-5-7-17(21(27)29-2)20(26)22(28)30-3/h5-10,15H,4,11-14H2,1-3H3. The molecule has 0 aliphatic carbocycles. The van der Waals surface area contributed by atoms with E-state index in [1.807, 2.05) is 6.07 Å². The third-order valence-corrected chi connectivity index (χ3v) is 5.26. The Kier molecular flexibility index (Phi) is 6.89. The summed E-state index contributed by atoms with van der Waals surface area (Å²) < 4.78 is 24.8. The average molecular weight is 415 g/mol. The SMILES string of the molecule is CCN1CCN(c2ccc(N3C=CC=CC(C(=O)OC)=C3C(=O)OC)c(F)c2)CC1. The van der Waals surface area contributed by atoms with Crippen LogP contribution in [0.4, 0.5) is 15.8 Å². The first-order valence-electron chi connectivity index (χ1n) is 9.82. The Labute approximate surface area is 175 Å². The van der Waals surface area contributed by atoms with Crippen LogP contribution < -0.4 is 9.80 Å². The van der Waals surface area contributed by atoms with Crippen molar-refractivity contribution in [3.8, 4) is 0 Å². The smallest absolute Gasteiger partial charge is 0.355 e. The summed E-state index contributed by atoms with van der Waals surface area (Å²) in [4.78, 5) is 30.5. The zero-order valence-electron chi connectivity index (χ0n) is 17.4. The Hall–Kier alpha value is -3.13. The van der Waals surface area contributed by atoms with E-state index in [0.29, 0.717) is 0 Å². The van der Waals surface area contributed by atoms with Crippen molar-refractivity contribution in [2.45, 2.75) is 6.92 Å². The Bertz CT molecular complexity index is 902. The summed E-state index contributed by atoms with van der Waals surface area (Å²) in [7, 11) is 2.42. The maximum Gasteiger partial charge on any atom is 0.355 e. The number of ether oxygens (including phenoxy) is 2. The fourth-order valence-corrected chi connectivity index (χ4v) is 3.56. The van der Waals surface area contributed by atoms with Crippen molar-refractivity contribution in [1.29, 1.82) is 0 Å². The minimum absolute atomic E-state index is 0.0199. The highest BCUT2D eigenvalue weighted by atomic mass is 19.1. The fraction of sp³-hybridized carbons (Fsp3) is 0.364. The lowest BCUT2D eigenvalue weighted by Gasteiger charge is -2.35. The molecule has 160 valence electrons. The molecule has 0 aromatic heterocycles. The number of halogens is 1. The van der Waals surface area contributed by atoms with Gasteiger partial charge in [-0.1, -0.05) is 13.0 Å². The number of esters is 2. The number of methoxy groups -OCH3 is 2. The van der Waals surface area contributed by atoms with E-state index in [1.54, 1.807) is 18.2 Å². The van der Waals surface area contributed by atoms with Crippen LogP contribution in [-0.4, -0.2) is 63.8 Å². The molecule has 2 aliphatic heterocycles. The predicted molar refractivity (Wildman–Crippen MR) is 113 cm³/mol. The van der Waals surface area contributed by atoms with Gasteiger partial charge < -0.3 is 24.2 Å². The van der Waals surface area contributed by atoms with Crippen LogP contribution in [0.15, 0.2) is 53.9 Å². The number of allylic oxidation sites excluding steroid dienone is 2. The number of rotatable bonds is 5. The quantitative estimate of drug-likeness (QED) is 0.685. The monoisotopic (exact) mass is 415 g/mol. The second-order valence-corrected chi connectivity index (χ2v) is 6.87. The van der Waals surface area contributed by atoms with Crippen molar-refractivity contribution in [2.75, 3.05) is 56.7 Å². The van der Waals surface area contributed by atoms with Gasteiger partial charge in [0.2, 0.25) is 0 Å². The van der Waals surface area contributed by atoms with Crippen molar-refractivity contribution in [2.24, 2.45) is 0 Å². The number of carbonyl (C=O) groups excluding carboxylic acids is 2. The molecule has 1 fully saturated rings. The van der Waals surface area contributed by atoms with Gasteiger partial charge in [-0.05, 0) is 36.9 Å².